The van der Waals surface area contributed by atoms with E-state index in [1.165, 1.54) is 0 Å². The molecular formula is C15H18BrN3O. The first-order chi connectivity index (χ1) is 9.51. The fourth-order valence-corrected chi connectivity index (χ4v) is 2.30. The second-order valence-electron chi connectivity index (χ2n) is 4.72. The van der Waals surface area contributed by atoms with Gasteiger partial charge in [-0.1, -0.05) is 22.9 Å². The highest BCUT2D eigenvalue weighted by atomic mass is 79.9. The van der Waals surface area contributed by atoms with Gasteiger partial charge in [0.25, 0.3) is 0 Å². The molecule has 1 aromatic heterocycles. The van der Waals surface area contributed by atoms with Crippen LogP contribution in [0.2, 0.25) is 0 Å². The average molecular weight is 336 g/mol. The standard InChI is InChI=1S/C15H18BrN3O/c1-4-5-13-18-14(17)10(3)15(19-13)20-12-7-6-11(16)8-9(12)2/h6-8H,4-5H2,1-3H3,(H2,17,18,19). The number of hydrogen-bond acceptors (Lipinski definition) is 4. The predicted molar refractivity (Wildman–Crippen MR) is 84.1 cm³/mol. The van der Waals surface area contributed by atoms with Gasteiger partial charge < -0.3 is 10.5 Å². The molecule has 2 N–H and O–H groups in total. The van der Waals surface area contributed by atoms with Gasteiger partial charge in [-0.05, 0) is 44.0 Å². The molecule has 20 heavy (non-hydrogen) atoms. The van der Waals surface area contributed by atoms with Crippen LogP contribution >= 0.6 is 15.9 Å². The third-order valence-electron chi connectivity index (χ3n) is 3.00. The van der Waals surface area contributed by atoms with Gasteiger partial charge in [0.05, 0.1) is 5.56 Å². The lowest BCUT2D eigenvalue weighted by Crippen LogP contribution is -2.05. The number of rotatable bonds is 4. The summed E-state index contributed by atoms with van der Waals surface area (Å²) >= 11 is 3.44. The van der Waals surface area contributed by atoms with Crippen LogP contribution < -0.4 is 10.5 Å². The fraction of sp³-hybridized carbons (Fsp3) is 0.333. The molecule has 0 bridgehead atoms. The number of anilines is 1. The third-order valence-corrected chi connectivity index (χ3v) is 3.50. The molecular weight excluding hydrogens is 318 g/mol. The Hall–Kier alpha value is -1.62. The topological polar surface area (TPSA) is 61.0 Å². The van der Waals surface area contributed by atoms with Crippen LogP contribution in [0, 0.1) is 13.8 Å². The van der Waals surface area contributed by atoms with E-state index in [1.54, 1.807) is 0 Å². The summed E-state index contributed by atoms with van der Waals surface area (Å²) in [6.07, 6.45) is 1.76. The molecule has 106 valence electrons. The maximum absolute atomic E-state index is 5.93. The van der Waals surface area contributed by atoms with Gasteiger partial charge in [0.15, 0.2) is 0 Å². The smallest absolute Gasteiger partial charge is 0.227 e. The van der Waals surface area contributed by atoms with Gasteiger partial charge in [0, 0.05) is 10.9 Å². The zero-order chi connectivity index (χ0) is 14.7. The van der Waals surface area contributed by atoms with Crippen molar-refractivity contribution < 1.29 is 4.74 Å². The number of hydrogen-bond donors (Lipinski definition) is 1. The van der Waals surface area contributed by atoms with Crippen LogP contribution in [0.1, 0.15) is 30.3 Å². The molecule has 0 amide bonds. The molecule has 0 aliphatic rings. The van der Waals surface area contributed by atoms with Crippen LogP contribution in [0.15, 0.2) is 22.7 Å². The highest BCUT2D eigenvalue weighted by Gasteiger charge is 2.11. The lowest BCUT2D eigenvalue weighted by molar-refractivity contribution is 0.451. The van der Waals surface area contributed by atoms with Crippen molar-refractivity contribution in [3.8, 4) is 11.6 Å². The van der Waals surface area contributed by atoms with Crippen molar-refractivity contribution in [2.24, 2.45) is 0 Å². The Kier molecular flexibility index (Phi) is 4.60. The number of nitrogens with zero attached hydrogens (tertiary/aromatic N) is 2. The van der Waals surface area contributed by atoms with E-state index in [0.717, 1.165) is 40.0 Å². The van der Waals surface area contributed by atoms with Crippen LogP contribution in [0.25, 0.3) is 0 Å². The van der Waals surface area contributed by atoms with Crippen LogP contribution in [0.5, 0.6) is 11.6 Å². The SMILES string of the molecule is CCCc1nc(N)c(C)c(Oc2ccc(Br)cc2C)n1. The van der Waals surface area contributed by atoms with E-state index in [9.17, 15) is 0 Å². The van der Waals surface area contributed by atoms with E-state index in [4.69, 9.17) is 10.5 Å². The number of ether oxygens (including phenoxy) is 1. The van der Waals surface area contributed by atoms with E-state index in [1.807, 2.05) is 32.0 Å². The summed E-state index contributed by atoms with van der Waals surface area (Å²) in [7, 11) is 0. The Labute approximate surface area is 127 Å². The van der Waals surface area contributed by atoms with Gasteiger partial charge in [-0.15, -0.1) is 0 Å². The monoisotopic (exact) mass is 335 g/mol. The summed E-state index contributed by atoms with van der Waals surface area (Å²) in [5, 5.41) is 0. The van der Waals surface area contributed by atoms with Crippen molar-refractivity contribution >= 4 is 21.7 Å². The van der Waals surface area contributed by atoms with Gasteiger partial charge in [-0.3, -0.25) is 0 Å². The summed E-state index contributed by atoms with van der Waals surface area (Å²) in [6.45, 7) is 5.94. The van der Waals surface area contributed by atoms with Crippen molar-refractivity contribution in [2.75, 3.05) is 5.73 Å². The van der Waals surface area contributed by atoms with Gasteiger partial charge in [0.2, 0.25) is 5.88 Å². The van der Waals surface area contributed by atoms with Gasteiger partial charge in [-0.25, -0.2) is 4.98 Å². The van der Waals surface area contributed by atoms with E-state index in [2.05, 4.69) is 32.8 Å². The highest BCUT2D eigenvalue weighted by Crippen LogP contribution is 2.29. The number of aryl methyl sites for hydroxylation is 2. The normalized spacial score (nSPS) is 10.6. The minimum atomic E-state index is 0.480. The van der Waals surface area contributed by atoms with Crippen molar-refractivity contribution in [3.63, 3.8) is 0 Å². The molecule has 1 aromatic carbocycles. The molecule has 0 aliphatic heterocycles. The molecule has 1 heterocycles. The van der Waals surface area contributed by atoms with E-state index in [0.29, 0.717) is 11.7 Å². The molecule has 5 heteroatoms. The van der Waals surface area contributed by atoms with Crippen LogP contribution in [-0.4, -0.2) is 9.97 Å². The van der Waals surface area contributed by atoms with Crippen molar-refractivity contribution in [1.29, 1.82) is 0 Å². The lowest BCUT2D eigenvalue weighted by atomic mass is 10.2. The van der Waals surface area contributed by atoms with E-state index < -0.39 is 0 Å². The second kappa shape index (κ2) is 6.22. The van der Waals surface area contributed by atoms with E-state index >= 15 is 0 Å². The van der Waals surface area contributed by atoms with Crippen LogP contribution in [-0.2, 0) is 6.42 Å². The minimum Gasteiger partial charge on any atom is -0.438 e. The molecule has 0 radical (unpaired) electrons. The second-order valence-corrected chi connectivity index (χ2v) is 5.63. The van der Waals surface area contributed by atoms with Crippen molar-refractivity contribution in [3.05, 3.63) is 39.6 Å². The number of aromatic nitrogens is 2. The maximum Gasteiger partial charge on any atom is 0.227 e. The molecule has 0 aliphatic carbocycles. The number of nitrogen functional groups attached to an aromatic ring is 1. The van der Waals surface area contributed by atoms with Crippen LogP contribution in [0.3, 0.4) is 0 Å². The molecule has 0 fully saturated rings. The lowest BCUT2D eigenvalue weighted by Gasteiger charge is -2.12. The number of halogens is 1. The Morgan fingerprint density at radius 3 is 2.65 bits per heavy atom. The molecule has 0 saturated heterocycles. The first kappa shape index (κ1) is 14.8. The molecule has 0 atom stereocenters. The summed E-state index contributed by atoms with van der Waals surface area (Å²) < 4.78 is 6.93. The Bertz CT molecular complexity index is 629. The highest BCUT2D eigenvalue weighted by molar-refractivity contribution is 9.10. The zero-order valence-electron chi connectivity index (χ0n) is 11.9. The molecule has 0 spiro atoms. The summed E-state index contributed by atoms with van der Waals surface area (Å²) in [6, 6.07) is 5.86. The van der Waals surface area contributed by atoms with Gasteiger partial charge in [0.1, 0.15) is 17.4 Å². The zero-order valence-corrected chi connectivity index (χ0v) is 13.5. The predicted octanol–water partition coefficient (Wildman–Crippen LogP) is 4.18. The number of benzene rings is 1. The molecule has 2 rings (SSSR count). The van der Waals surface area contributed by atoms with Gasteiger partial charge >= 0.3 is 0 Å². The molecule has 4 nitrogen and oxygen atoms in total. The fourth-order valence-electron chi connectivity index (χ4n) is 1.82. The largest absolute Gasteiger partial charge is 0.438 e. The molecule has 2 aromatic rings. The van der Waals surface area contributed by atoms with Crippen LogP contribution in [0.4, 0.5) is 5.82 Å². The van der Waals surface area contributed by atoms with Crippen molar-refractivity contribution in [2.45, 2.75) is 33.6 Å². The Morgan fingerprint density at radius 1 is 1.25 bits per heavy atom. The average Bonchev–Trinajstić information content (AvgIpc) is 2.39. The first-order valence-corrected chi connectivity index (χ1v) is 7.37. The first-order valence-electron chi connectivity index (χ1n) is 6.58. The van der Waals surface area contributed by atoms with Gasteiger partial charge in [-0.2, -0.15) is 4.98 Å². The van der Waals surface area contributed by atoms with Crippen molar-refractivity contribution in [1.82, 2.24) is 9.97 Å². The maximum atomic E-state index is 5.93. The third kappa shape index (κ3) is 3.28. The summed E-state index contributed by atoms with van der Waals surface area (Å²) in [5.74, 6) is 2.51. The number of nitrogens with two attached hydrogens (primary N) is 1. The molecule has 0 unspecified atom stereocenters. The Morgan fingerprint density at radius 2 is 2.00 bits per heavy atom. The summed E-state index contributed by atoms with van der Waals surface area (Å²) in [4.78, 5) is 8.74. The van der Waals surface area contributed by atoms with E-state index in [-0.39, 0.29) is 0 Å². The summed E-state index contributed by atoms with van der Waals surface area (Å²) in [5.41, 5.74) is 7.73. The minimum absolute atomic E-state index is 0.480. The molecule has 0 saturated carbocycles. The Balaban J connectivity index is 2.37. The quantitative estimate of drug-likeness (QED) is 0.910.